The summed E-state index contributed by atoms with van der Waals surface area (Å²) in [7, 11) is 1.59. The van der Waals surface area contributed by atoms with Gasteiger partial charge in [-0.1, -0.05) is 6.07 Å². The second-order valence-electron chi connectivity index (χ2n) is 5.54. The molecular weight excluding hydrogens is 322 g/mol. The summed E-state index contributed by atoms with van der Waals surface area (Å²) in [5, 5.41) is 2.86. The minimum Gasteiger partial charge on any atom is -0.475 e. The first-order chi connectivity index (χ1) is 12.1. The highest BCUT2D eigenvalue weighted by molar-refractivity contribution is 5.94. The summed E-state index contributed by atoms with van der Waals surface area (Å²) in [4.78, 5) is 20.6. The van der Waals surface area contributed by atoms with Crippen molar-refractivity contribution in [2.24, 2.45) is 0 Å². The number of carbonyl (C=O) groups is 1. The molecule has 25 heavy (non-hydrogen) atoms. The monoisotopic (exact) mass is 345 g/mol. The highest BCUT2D eigenvalue weighted by atomic mass is 16.5. The van der Waals surface area contributed by atoms with Crippen molar-refractivity contribution in [2.45, 2.75) is 26.5 Å². The fourth-order valence-electron chi connectivity index (χ4n) is 2.02. The van der Waals surface area contributed by atoms with Gasteiger partial charge in [0, 0.05) is 43.2 Å². The van der Waals surface area contributed by atoms with E-state index in [0.29, 0.717) is 37.1 Å². The molecule has 0 saturated carbocycles. The molecule has 0 atom stereocenters. The Morgan fingerprint density at radius 1 is 1.20 bits per heavy atom. The predicted octanol–water partition coefficient (Wildman–Crippen LogP) is 2.22. The van der Waals surface area contributed by atoms with Crippen LogP contribution in [0.3, 0.4) is 0 Å². The summed E-state index contributed by atoms with van der Waals surface area (Å²) in [6.07, 6.45) is 3.21. The van der Waals surface area contributed by atoms with Crippen molar-refractivity contribution in [3.63, 3.8) is 0 Å². The van der Waals surface area contributed by atoms with Gasteiger partial charge in [0.15, 0.2) is 0 Å². The molecule has 7 heteroatoms. The number of ether oxygens (including phenoxy) is 3. The molecule has 0 aliphatic carbocycles. The van der Waals surface area contributed by atoms with E-state index in [1.165, 1.54) is 6.20 Å². The molecule has 0 unspecified atom stereocenters. The topological polar surface area (TPSA) is 82.6 Å². The van der Waals surface area contributed by atoms with Crippen LogP contribution in [0.4, 0.5) is 0 Å². The average Bonchev–Trinajstić information content (AvgIpc) is 2.61. The third-order valence-corrected chi connectivity index (χ3v) is 3.17. The molecule has 134 valence electrons. The minimum absolute atomic E-state index is 0.0105. The van der Waals surface area contributed by atoms with Gasteiger partial charge in [-0.05, 0) is 26.0 Å². The Bertz CT molecular complexity index is 692. The zero-order valence-corrected chi connectivity index (χ0v) is 14.7. The van der Waals surface area contributed by atoms with Crippen LogP contribution in [0, 0.1) is 0 Å². The van der Waals surface area contributed by atoms with Crippen LogP contribution in [-0.2, 0) is 11.3 Å². The van der Waals surface area contributed by atoms with Crippen LogP contribution >= 0.6 is 0 Å². The van der Waals surface area contributed by atoms with Gasteiger partial charge in [-0.25, -0.2) is 9.97 Å². The molecule has 7 nitrogen and oxygen atoms in total. The molecule has 0 aliphatic heterocycles. The fourth-order valence-corrected chi connectivity index (χ4v) is 2.02. The van der Waals surface area contributed by atoms with E-state index < -0.39 is 0 Å². The smallest absolute Gasteiger partial charge is 0.251 e. The number of amides is 1. The second kappa shape index (κ2) is 9.58. The largest absolute Gasteiger partial charge is 0.475 e. The van der Waals surface area contributed by atoms with Gasteiger partial charge in [-0.2, -0.15) is 0 Å². The van der Waals surface area contributed by atoms with Crippen molar-refractivity contribution >= 4 is 5.91 Å². The van der Waals surface area contributed by atoms with E-state index in [1.807, 2.05) is 26.0 Å². The normalized spacial score (nSPS) is 10.6. The maximum Gasteiger partial charge on any atom is 0.251 e. The molecule has 2 aromatic rings. The summed E-state index contributed by atoms with van der Waals surface area (Å²) in [6, 6.07) is 6.91. The first-order valence-electron chi connectivity index (χ1n) is 8.06. The van der Waals surface area contributed by atoms with E-state index >= 15 is 0 Å². The van der Waals surface area contributed by atoms with Crippen LogP contribution in [0.25, 0.3) is 0 Å². The Morgan fingerprint density at radius 2 is 2.04 bits per heavy atom. The van der Waals surface area contributed by atoms with Gasteiger partial charge in [0.2, 0.25) is 11.8 Å². The molecule has 0 spiro atoms. The maximum absolute atomic E-state index is 12.4. The number of hydrogen-bond acceptors (Lipinski definition) is 6. The van der Waals surface area contributed by atoms with E-state index in [0.717, 1.165) is 5.56 Å². The Morgan fingerprint density at radius 3 is 2.80 bits per heavy atom. The van der Waals surface area contributed by atoms with E-state index in [4.69, 9.17) is 14.2 Å². The Kier molecular flexibility index (Phi) is 7.16. The minimum atomic E-state index is -0.224. The molecular formula is C18H23N3O4. The molecule has 2 rings (SSSR count). The van der Waals surface area contributed by atoms with Gasteiger partial charge in [0.25, 0.3) is 5.91 Å². The Balaban J connectivity index is 1.97. The van der Waals surface area contributed by atoms with E-state index in [9.17, 15) is 4.79 Å². The molecule has 2 aromatic heterocycles. The first kappa shape index (κ1) is 18.7. The van der Waals surface area contributed by atoms with Crippen molar-refractivity contribution in [1.29, 1.82) is 0 Å². The number of methoxy groups -OCH3 is 1. The third kappa shape index (κ3) is 6.04. The SMILES string of the molecule is COCCOc1cc(C(=O)NCc2cccnc2OC(C)C)ccn1. The lowest BCUT2D eigenvalue weighted by Gasteiger charge is -2.13. The van der Waals surface area contributed by atoms with Gasteiger partial charge in [-0.15, -0.1) is 0 Å². The van der Waals surface area contributed by atoms with Crippen LogP contribution in [0.1, 0.15) is 29.8 Å². The van der Waals surface area contributed by atoms with Gasteiger partial charge in [-0.3, -0.25) is 4.79 Å². The number of rotatable bonds is 9. The van der Waals surface area contributed by atoms with Crippen LogP contribution in [0.5, 0.6) is 11.8 Å². The molecule has 0 saturated heterocycles. The quantitative estimate of drug-likeness (QED) is 0.702. The van der Waals surface area contributed by atoms with Gasteiger partial charge in [0.1, 0.15) is 6.61 Å². The number of aromatic nitrogens is 2. The van der Waals surface area contributed by atoms with Crippen molar-refractivity contribution in [3.05, 3.63) is 47.8 Å². The third-order valence-electron chi connectivity index (χ3n) is 3.17. The zero-order chi connectivity index (χ0) is 18.1. The van der Waals surface area contributed by atoms with E-state index in [1.54, 1.807) is 25.4 Å². The lowest BCUT2D eigenvalue weighted by Crippen LogP contribution is -2.23. The van der Waals surface area contributed by atoms with E-state index in [-0.39, 0.29) is 12.0 Å². The van der Waals surface area contributed by atoms with Crippen molar-refractivity contribution < 1.29 is 19.0 Å². The molecule has 1 amide bonds. The van der Waals surface area contributed by atoms with Crippen LogP contribution in [-0.4, -0.2) is 42.3 Å². The number of pyridine rings is 2. The molecule has 0 aromatic carbocycles. The molecule has 0 radical (unpaired) electrons. The lowest BCUT2D eigenvalue weighted by molar-refractivity contribution is 0.0949. The standard InChI is InChI=1S/C18H23N3O4/c1-13(2)25-18-15(5-4-7-20-18)12-21-17(22)14-6-8-19-16(11-14)24-10-9-23-3/h4-8,11,13H,9-10,12H2,1-3H3,(H,21,22). The highest BCUT2D eigenvalue weighted by Crippen LogP contribution is 2.16. The summed E-state index contributed by atoms with van der Waals surface area (Å²) >= 11 is 0. The molecule has 2 heterocycles. The maximum atomic E-state index is 12.4. The molecule has 0 fully saturated rings. The molecule has 0 bridgehead atoms. The average molecular weight is 345 g/mol. The summed E-state index contributed by atoms with van der Waals surface area (Å²) in [5.41, 5.74) is 1.29. The number of carbonyl (C=O) groups excluding carboxylic acids is 1. The Hall–Kier alpha value is -2.67. The van der Waals surface area contributed by atoms with Gasteiger partial charge < -0.3 is 19.5 Å². The predicted molar refractivity (Wildman–Crippen MR) is 92.8 cm³/mol. The van der Waals surface area contributed by atoms with Crippen LogP contribution in [0.15, 0.2) is 36.7 Å². The molecule has 0 aliphatic rings. The lowest BCUT2D eigenvalue weighted by atomic mass is 10.2. The van der Waals surface area contributed by atoms with Gasteiger partial charge >= 0.3 is 0 Å². The summed E-state index contributed by atoms with van der Waals surface area (Å²) < 4.78 is 16.0. The van der Waals surface area contributed by atoms with Gasteiger partial charge in [0.05, 0.1) is 12.7 Å². The van der Waals surface area contributed by atoms with Crippen molar-refractivity contribution in [3.8, 4) is 11.8 Å². The summed E-state index contributed by atoms with van der Waals surface area (Å²) in [6.45, 7) is 5.01. The molecule has 1 N–H and O–H groups in total. The van der Waals surface area contributed by atoms with Crippen LogP contribution < -0.4 is 14.8 Å². The second-order valence-corrected chi connectivity index (χ2v) is 5.54. The fraction of sp³-hybridized carbons (Fsp3) is 0.389. The van der Waals surface area contributed by atoms with E-state index in [2.05, 4.69) is 15.3 Å². The van der Waals surface area contributed by atoms with Crippen molar-refractivity contribution in [1.82, 2.24) is 15.3 Å². The summed E-state index contributed by atoms with van der Waals surface area (Å²) in [5.74, 6) is 0.685. The Labute approximate surface area is 147 Å². The first-order valence-corrected chi connectivity index (χ1v) is 8.06. The van der Waals surface area contributed by atoms with Crippen molar-refractivity contribution in [2.75, 3.05) is 20.3 Å². The van der Waals surface area contributed by atoms with Crippen LogP contribution in [0.2, 0.25) is 0 Å². The number of nitrogens with one attached hydrogen (secondary N) is 1. The zero-order valence-electron chi connectivity index (χ0n) is 14.7. The highest BCUT2D eigenvalue weighted by Gasteiger charge is 2.11. The number of hydrogen-bond donors (Lipinski definition) is 1. The number of nitrogens with zero attached hydrogens (tertiary/aromatic N) is 2.